The zero-order valence-corrected chi connectivity index (χ0v) is 12.9. The number of nitrogens with zero attached hydrogens (tertiary/aromatic N) is 3. The first kappa shape index (κ1) is 14.7. The van der Waals surface area contributed by atoms with Gasteiger partial charge in [-0.1, -0.05) is 6.07 Å². The van der Waals surface area contributed by atoms with Crippen molar-refractivity contribution in [1.82, 2.24) is 20.1 Å². The number of fused-ring (bicyclic) bond motifs is 1. The lowest BCUT2D eigenvalue weighted by Crippen LogP contribution is -2.26. The third kappa shape index (κ3) is 2.87. The second-order valence-corrected chi connectivity index (χ2v) is 7.47. The molecule has 22 heavy (non-hydrogen) atoms. The van der Waals surface area contributed by atoms with Crippen LogP contribution in [0.15, 0.2) is 24.5 Å². The molecule has 2 aromatic rings. The highest BCUT2D eigenvalue weighted by Crippen LogP contribution is 2.23. The van der Waals surface area contributed by atoms with Crippen molar-refractivity contribution in [3.05, 3.63) is 47.0 Å². The van der Waals surface area contributed by atoms with Gasteiger partial charge < -0.3 is 5.32 Å². The first-order valence-electron chi connectivity index (χ1n) is 6.88. The molecule has 0 aromatic carbocycles. The van der Waals surface area contributed by atoms with E-state index in [0.29, 0.717) is 18.5 Å². The molecule has 2 aromatic heterocycles. The van der Waals surface area contributed by atoms with Gasteiger partial charge in [0.25, 0.3) is 5.91 Å². The fraction of sp³-hybridized carbons (Fsp3) is 0.357. The van der Waals surface area contributed by atoms with E-state index in [0.717, 1.165) is 11.3 Å². The monoisotopic (exact) mass is 320 g/mol. The van der Waals surface area contributed by atoms with Crippen LogP contribution in [0.25, 0.3) is 0 Å². The number of aryl methyl sites for hydroxylation is 1. The molecule has 0 saturated carbocycles. The van der Waals surface area contributed by atoms with Crippen molar-refractivity contribution in [2.24, 2.45) is 7.05 Å². The average molecular weight is 320 g/mol. The summed E-state index contributed by atoms with van der Waals surface area (Å²) < 4.78 is 25.2. The van der Waals surface area contributed by atoms with Crippen LogP contribution in [-0.2, 0) is 35.6 Å². The normalized spacial score (nSPS) is 16.0. The van der Waals surface area contributed by atoms with Crippen LogP contribution in [-0.4, -0.2) is 34.8 Å². The van der Waals surface area contributed by atoms with Gasteiger partial charge in [-0.2, -0.15) is 5.10 Å². The van der Waals surface area contributed by atoms with E-state index < -0.39 is 9.84 Å². The fourth-order valence-electron chi connectivity index (χ4n) is 2.56. The molecule has 116 valence electrons. The van der Waals surface area contributed by atoms with Crippen LogP contribution in [0, 0.1) is 0 Å². The molecule has 0 atom stereocenters. The molecule has 0 bridgehead atoms. The number of aromatic nitrogens is 3. The van der Waals surface area contributed by atoms with E-state index in [9.17, 15) is 13.2 Å². The minimum Gasteiger partial charge on any atom is -0.346 e. The lowest BCUT2D eigenvalue weighted by Gasteiger charge is -2.13. The quantitative estimate of drug-likeness (QED) is 0.873. The van der Waals surface area contributed by atoms with E-state index in [-0.39, 0.29) is 23.1 Å². The number of carbonyl (C=O) groups is 1. The summed E-state index contributed by atoms with van der Waals surface area (Å²) in [5.41, 5.74) is 2.41. The molecule has 7 nitrogen and oxygen atoms in total. The lowest BCUT2D eigenvalue weighted by molar-refractivity contribution is 0.0944. The van der Waals surface area contributed by atoms with Crippen LogP contribution in [0.4, 0.5) is 0 Å². The highest BCUT2D eigenvalue weighted by atomic mass is 32.2. The zero-order valence-electron chi connectivity index (χ0n) is 12.1. The largest absolute Gasteiger partial charge is 0.346 e. The topological polar surface area (TPSA) is 93.9 Å². The van der Waals surface area contributed by atoms with Gasteiger partial charge in [0.05, 0.1) is 11.5 Å². The molecule has 3 rings (SSSR count). The Morgan fingerprint density at radius 2 is 2.27 bits per heavy atom. The van der Waals surface area contributed by atoms with Crippen molar-refractivity contribution in [3.63, 3.8) is 0 Å². The van der Waals surface area contributed by atoms with Crippen LogP contribution in [0.3, 0.4) is 0 Å². The minimum atomic E-state index is -3.15. The number of sulfone groups is 1. The van der Waals surface area contributed by atoms with Crippen molar-refractivity contribution in [2.45, 2.75) is 18.7 Å². The Hall–Kier alpha value is -2.22. The van der Waals surface area contributed by atoms with Crippen LogP contribution in [0.1, 0.15) is 27.3 Å². The van der Waals surface area contributed by atoms with Gasteiger partial charge in [0.1, 0.15) is 0 Å². The third-order valence-corrected chi connectivity index (χ3v) is 5.23. The summed E-state index contributed by atoms with van der Waals surface area (Å²) in [6.45, 7) is 0.324. The molecule has 0 saturated heterocycles. The van der Waals surface area contributed by atoms with E-state index in [1.54, 1.807) is 30.2 Å². The summed E-state index contributed by atoms with van der Waals surface area (Å²) in [5, 5.41) is 6.95. The smallest absolute Gasteiger partial charge is 0.272 e. The first-order chi connectivity index (χ1) is 10.5. The molecule has 0 aliphatic carbocycles. The summed E-state index contributed by atoms with van der Waals surface area (Å²) >= 11 is 0. The summed E-state index contributed by atoms with van der Waals surface area (Å²) in [6.07, 6.45) is 3.72. The molecule has 1 N–H and O–H groups in total. The number of amides is 1. The Kier molecular flexibility index (Phi) is 3.69. The van der Waals surface area contributed by atoms with Gasteiger partial charge in [-0.15, -0.1) is 0 Å². The first-order valence-corrected chi connectivity index (χ1v) is 8.71. The lowest BCUT2D eigenvalue weighted by atomic mass is 10.1. The summed E-state index contributed by atoms with van der Waals surface area (Å²) in [4.78, 5) is 16.3. The van der Waals surface area contributed by atoms with Crippen molar-refractivity contribution in [2.75, 3.05) is 5.75 Å². The molecule has 1 amide bonds. The maximum absolute atomic E-state index is 12.3. The van der Waals surface area contributed by atoms with Gasteiger partial charge in [0, 0.05) is 43.7 Å². The molecule has 1 aliphatic rings. The summed E-state index contributed by atoms with van der Waals surface area (Å²) in [5.74, 6) is -0.375. The molecule has 0 spiro atoms. The molecular weight excluding hydrogens is 304 g/mol. The number of hydrogen-bond acceptors (Lipinski definition) is 5. The number of rotatable bonds is 3. The zero-order chi connectivity index (χ0) is 15.7. The molecule has 0 fully saturated rings. The molecule has 8 heteroatoms. The van der Waals surface area contributed by atoms with E-state index in [1.807, 2.05) is 6.07 Å². The number of nitrogens with one attached hydrogen (secondary N) is 1. The predicted molar refractivity (Wildman–Crippen MR) is 79.8 cm³/mol. The van der Waals surface area contributed by atoms with Gasteiger partial charge in [0.15, 0.2) is 15.5 Å². The average Bonchev–Trinajstić information content (AvgIpc) is 2.81. The number of pyridine rings is 1. The van der Waals surface area contributed by atoms with E-state index in [2.05, 4.69) is 15.4 Å². The highest BCUT2D eigenvalue weighted by Gasteiger charge is 2.30. The van der Waals surface area contributed by atoms with Crippen LogP contribution < -0.4 is 5.32 Å². The minimum absolute atomic E-state index is 0.107. The standard InChI is InChI=1S/C14H16N4O3S/c1-18-12-4-6-22(20,21)9-11(12)13(17-18)14(19)16-8-10-3-2-5-15-7-10/h2-3,5,7H,4,6,8-9H2,1H3,(H,16,19). The van der Waals surface area contributed by atoms with Crippen LogP contribution in [0.5, 0.6) is 0 Å². The number of hydrogen-bond donors (Lipinski definition) is 1. The molecule has 1 aliphatic heterocycles. The van der Waals surface area contributed by atoms with Gasteiger partial charge >= 0.3 is 0 Å². The van der Waals surface area contributed by atoms with Gasteiger partial charge in [0.2, 0.25) is 0 Å². The fourth-order valence-corrected chi connectivity index (χ4v) is 3.95. The van der Waals surface area contributed by atoms with E-state index in [1.165, 1.54) is 0 Å². The molecule has 0 unspecified atom stereocenters. The molecule has 3 heterocycles. The predicted octanol–water partition coefficient (Wildman–Crippen LogP) is 0.216. The summed E-state index contributed by atoms with van der Waals surface area (Å²) in [6, 6.07) is 3.64. The van der Waals surface area contributed by atoms with E-state index >= 15 is 0 Å². The van der Waals surface area contributed by atoms with Crippen LogP contribution in [0.2, 0.25) is 0 Å². The Labute approximate surface area is 128 Å². The SMILES string of the molecule is Cn1nc(C(=O)NCc2cccnc2)c2c1CCS(=O)(=O)C2. The Morgan fingerprint density at radius 1 is 1.45 bits per heavy atom. The van der Waals surface area contributed by atoms with Gasteiger partial charge in [-0.25, -0.2) is 8.42 Å². The van der Waals surface area contributed by atoms with Crippen molar-refractivity contribution < 1.29 is 13.2 Å². The Morgan fingerprint density at radius 3 is 3.00 bits per heavy atom. The molecule has 0 radical (unpaired) electrons. The maximum Gasteiger partial charge on any atom is 0.272 e. The van der Waals surface area contributed by atoms with Crippen molar-refractivity contribution in [1.29, 1.82) is 0 Å². The molecular formula is C14H16N4O3S. The van der Waals surface area contributed by atoms with Crippen molar-refractivity contribution in [3.8, 4) is 0 Å². The second kappa shape index (κ2) is 5.53. The van der Waals surface area contributed by atoms with Gasteiger partial charge in [-0.3, -0.25) is 14.5 Å². The second-order valence-electron chi connectivity index (χ2n) is 5.28. The van der Waals surface area contributed by atoms with E-state index in [4.69, 9.17) is 0 Å². The third-order valence-electron chi connectivity index (χ3n) is 3.68. The van der Waals surface area contributed by atoms with Crippen molar-refractivity contribution >= 4 is 15.7 Å². The van der Waals surface area contributed by atoms with Gasteiger partial charge in [-0.05, 0) is 11.6 Å². The number of carbonyl (C=O) groups excluding carboxylic acids is 1. The maximum atomic E-state index is 12.3. The van der Waals surface area contributed by atoms with Crippen LogP contribution >= 0.6 is 0 Å². The Balaban J connectivity index is 1.82. The highest BCUT2D eigenvalue weighted by molar-refractivity contribution is 7.90. The Bertz CT molecular complexity index is 812. The summed E-state index contributed by atoms with van der Waals surface area (Å²) in [7, 11) is -1.42.